The lowest BCUT2D eigenvalue weighted by molar-refractivity contribution is 0.0873. The maximum Gasteiger partial charge on any atom is 0.409 e. The number of carbonyl (C=O) groups is 1. The van der Waals surface area contributed by atoms with Gasteiger partial charge >= 0.3 is 6.09 Å². The molecular formula is C10H20N2O3. The maximum atomic E-state index is 11.4. The fourth-order valence-corrected chi connectivity index (χ4v) is 1.88. The van der Waals surface area contributed by atoms with E-state index >= 15 is 0 Å². The number of ether oxygens (including phenoxy) is 1. The highest BCUT2D eigenvalue weighted by atomic mass is 16.6. The third kappa shape index (κ3) is 4.05. The molecule has 1 unspecified atom stereocenters. The van der Waals surface area contributed by atoms with E-state index in [1.807, 2.05) is 0 Å². The van der Waals surface area contributed by atoms with Gasteiger partial charge in [-0.2, -0.15) is 0 Å². The van der Waals surface area contributed by atoms with Crippen LogP contribution >= 0.6 is 0 Å². The largest absolute Gasteiger partial charge is 0.447 e. The lowest BCUT2D eigenvalue weighted by Crippen LogP contribution is -2.33. The first-order chi connectivity index (χ1) is 7.13. The summed E-state index contributed by atoms with van der Waals surface area (Å²) in [4.78, 5) is 15.2. The van der Waals surface area contributed by atoms with Gasteiger partial charge in [0.25, 0.3) is 0 Å². The zero-order valence-electron chi connectivity index (χ0n) is 9.48. The Morgan fingerprint density at radius 2 is 2.40 bits per heavy atom. The van der Waals surface area contributed by atoms with Gasteiger partial charge in [-0.15, -0.1) is 0 Å². The molecule has 1 rings (SSSR count). The lowest BCUT2D eigenvalue weighted by Gasteiger charge is -2.20. The van der Waals surface area contributed by atoms with E-state index in [2.05, 4.69) is 11.9 Å². The van der Waals surface area contributed by atoms with Crippen molar-refractivity contribution in [2.45, 2.75) is 6.42 Å². The zero-order valence-corrected chi connectivity index (χ0v) is 9.48. The summed E-state index contributed by atoms with van der Waals surface area (Å²) in [6.45, 7) is 2.83. The molecule has 0 aromatic heterocycles. The molecule has 5 heteroatoms. The van der Waals surface area contributed by atoms with E-state index in [1.54, 1.807) is 11.9 Å². The van der Waals surface area contributed by atoms with Gasteiger partial charge in [-0.3, -0.25) is 0 Å². The first-order valence-corrected chi connectivity index (χ1v) is 5.30. The van der Waals surface area contributed by atoms with Crippen LogP contribution in [-0.2, 0) is 4.74 Å². The second-order valence-electron chi connectivity index (χ2n) is 4.14. The molecular weight excluding hydrogens is 196 g/mol. The van der Waals surface area contributed by atoms with Crippen molar-refractivity contribution in [3.63, 3.8) is 0 Å². The molecule has 1 aliphatic heterocycles. The van der Waals surface area contributed by atoms with Crippen molar-refractivity contribution >= 4 is 6.09 Å². The molecule has 1 atom stereocenters. The molecule has 1 aliphatic rings. The molecule has 0 aliphatic carbocycles. The van der Waals surface area contributed by atoms with E-state index < -0.39 is 0 Å². The summed E-state index contributed by atoms with van der Waals surface area (Å²) in [6, 6.07) is 0. The number of nitrogens with zero attached hydrogens (tertiary/aromatic N) is 2. The van der Waals surface area contributed by atoms with Gasteiger partial charge in [0.2, 0.25) is 0 Å². The number of rotatable bonds is 4. The van der Waals surface area contributed by atoms with E-state index in [-0.39, 0.29) is 19.3 Å². The van der Waals surface area contributed by atoms with Crippen molar-refractivity contribution in [2.75, 3.05) is 46.9 Å². The minimum Gasteiger partial charge on any atom is -0.447 e. The van der Waals surface area contributed by atoms with Crippen LogP contribution in [0.4, 0.5) is 4.79 Å². The third-order valence-corrected chi connectivity index (χ3v) is 2.65. The van der Waals surface area contributed by atoms with E-state index in [9.17, 15) is 4.79 Å². The Kier molecular flexibility index (Phi) is 4.84. The van der Waals surface area contributed by atoms with Crippen molar-refractivity contribution in [1.82, 2.24) is 9.80 Å². The lowest BCUT2D eigenvalue weighted by atomic mass is 10.1. The molecule has 88 valence electrons. The Balaban J connectivity index is 2.22. The SMILES string of the molecule is CN1CCC(CN(C)C(=O)OCCO)C1. The van der Waals surface area contributed by atoms with Gasteiger partial charge in [0.1, 0.15) is 6.61 Å². The predicted octanol–water partition coefficient (Wildman–Crippen LogP) is -0.00120. The van der Waals surface area contributed by atoms with Gasteiger partial charge in [0.15, 0.2) is 0 Å². The van der Waals surface area contributed by atoms with Gasteiger partial charge in [0.05, 0.1) is 6.61 Å². The Bertz CT molecular complexity index is 211. The molecule has 0 saturated carbocycles. The highest BCUT2D eigenvalue weighted by molar-refractivity contribution is 5.67. The van der Waals surface area contributed by atoms with Crippen LogP contribution in [0.15, 0.2) is 0 Å². The van der Waals surface area contributed by atoms with Crippen molar-refractivity contribution in [3.05, 3.63) is 0 Å². The summed E-state index contributed by atoms with van der Waals surface area (Å²) in [5, 5.41) is 8.51. The summed E-state index contributed by atoms with van der Waals surface area (Å²) < 4.78 is 4.81. The van der Waals surface area contributed by atoms with Gasteiger partial charge < -0.3 is 19.6 Å². The van der Waals surface area contributed by atoms with Gasteiger partial charge in [-0.1, -0.05) is 0 Å². The summed E-state index contributed by atoms with van der Waals surface area (Å²) in [5.74, 6) is 0.543. The van der Waals surface area contributed by atoms with Crippen molar-refractivity contribution in [1.29, 1.82) is 0 Å². The highest BCUT2D eigenvalue weighted by Gasteiger charge is 2.22. The topological polar surface area (TPSA) is 53.0 Å². The maximum absolute atomic E-state index is 11.4. The molecule has 1 fully saturated rings. The Morgan fingerprint density at radius 1 is 1.67 bits per heavy atom. The number of amides is 1. The Labute approximate surface area is 90.6 Å². The second kappa shape index (κ2) is 5.92. The molecule has 5 nitrogen and oxygen atoms in total. The standard InChI is InChI=1S/C10H20N2O3/c1-11-4-3-9(7-11)8-12(2)10(14)15-6-5-13/h9,13H,3-8H2,1-2H3. The van der Waals surface area contributed by atoms with Gasteiger partial charge in [0, 0.05) is 20.1 Å². The average Bonchev–Trinajstić information content (AvgIpc) is 2.60. The number of aliphatic hydroxyl groups excluding tert-OH is 1. The van der Waals surface area contributed by atoms with E-state index in [0.29, 0.717) is 5.92 Å². The van der Waals surface area contributed by atoms with Gasteiger partial charge in [-0.05, 0) is 25.9 Å². The average molecular weight is 216 g/mol. The first-order valence-electron chi connectivity index (χ1n) is 5.30. The van der Waals surface area contributed by atoms with Gasteiger partial charge in [-0.25, -0.2) is 4.79 Å². The second-order valence-corrected chi connectivity index (χ2v) is 4.14. The van der Waals surface area contributed by atoms with Crippen LogP contribution in [0.2, 0.25) is 0 Å². The number of likely N-dealkylation sites (tertiary alicyclic amines) is 1. The van der Waals surface area contributed by atoms with E-state index in [1.165, 1.54) is 0 Å². The van der Waals surface area contributed by atoms with Crippen LogP contribution in [0.1, 0.15) is 6.42 Å². The molecule has 1 heterocycles. The summed E-state index contributed by atoms with van der Waals surface area (Å²) in [6.07, 6.45) is 0.785. The van der Waals surface area contributed by atoms with Crippen molar-refractivity contribution in [2.24, 2.45) is 5.92 Å². The van der Waals surface area contributed by atoms with Crippen molar-refractivity contribution < 1.29 is 14.6 Å². The fraction of sp³-hybridized carbons (Fsp3) is 0.900. The minimum atomic E-state index is -0.349. The van der Waals surface area contributed by atoms with Crippen LogP contribution in [0, 0.1) is 5.92 Å². The van der Waals surface area contributed by atoms with Crippen LogP contribution in [0.25, 0.3) is 0 Å². The van der Waals surface area contributed by atoms with Crippen LogP contribution < -0.4 is 0 Å². The highest BCUT2D eigenvalue weighted by Crippen LogP contribution is 2.15. The number of hydrogen-bond acceptors (Lipinski definition) is 4. The normalized spacial score (nSPS) is 21.7. The minimum absolute atomic E-state index is 0.0771. The Morgan fingerprint density at radius 3 is 2.93 bits per heavy atom. The predicted molar refractivity (Wildman–Crippen MR) is 56.7 cm³/mol. The molecule has 0 aromatic carbocycles. The van der Waals surface area contributed by atoms with Crippen LogP contribution in [0.5, 0.6) is 0 Å². The number of hydrogen-bond donors (Lipinski definition) is 1. The molecule has 0 radical (unpaired) electrons. The summed E-state index contributed by atoms with van der Waals surface area (Å²) in [5.41, 5.74) is 0. The monoisotopic (exact) mass is 216 g/mol. The quantitative estimate of drug-likeness (QED) is 0.718. The molecule has 0 spiro atoms. The smallest absolute Gasteiger partial charge is 0.409 e. The first kappa shape index (κ1) is 12.3. The molecule has 15 heavy (non-hydrogen) atoms. The van der Waals surface area contributed by atoms with Crippen LogP contribution in [0.3, 0.4) is 0 Å². The summed E-state index contributed by atoms with van der Waals surface area (Å²) in [7, 11) is 3.82. The molecule has 0 aromatic rings. The van der Waals surface area contributed by atoms with Crippen molar-refractivity contribution in [3.8, 4) is 0 Å². The summed E-state index contributed by atoms with van der Waals surface area (Å²) >= 11 is 0. The van der Waals surface area contributed by atoms with E-state index in [0.717, 1.165) is 26.1 Å². The fourth-order valence-electron chi connectivity index (χ4n) is 1.88. The number of aliphatic hydroxyl groups is 1. The van der Waals surface area contributed by atoms with Crippen LogP contribution in [-0.4, -0.2) is 67.9 Å². The molecule has 1 N–H and O–H groups in total. The molecule has 1 amide bonds. The molecule has 1 saturated heterocycles. The third-order valence-electron chi connectivity index (χ3n) is 2.65. The zero-order chi connectivity index (χ0) is 11.3. The molecule has 0 bridgehead atoms. The Hall–Kier alpha value is -0.810. The van der Waals surface area contributed by atoms with E-state index in [4.69, 9.17) is 9.84 Å². The number of carbonyl (C=O) groups excluding carboxylic acids is 1.